The standard InChI is InChI=1S/C19H24FN3O3S/c1-13(2)7-9-22-19-23-16(12-27-19)18(25)26-11-17(24)21-10-8-14-3-5-15(20)6-4-14/h3-6,12-13H,7-11H2,1-2H3,(H,21,24)(H,22,23). The Hall–Kier alpha value is -2.48. The molecule has 0 aliphatic heterocycles. The number of aromatic nitrogens is 1. The summed E-state index contributed by atoms with van der Waals surface area (Å²) < 4.78 is 17.8. The van der Waals surface area contributed by atoms with E-state index >= 15 is 0 Å². The quantitative estimate of drug-likeness (QED) is 0.606. The Morgan fingerprint density at radius 2 is 1.96 bits per heavy atom. The fourth-order valence-electron chi connectivity index (χ4n) is 2.17. The van der Waals surface area contributed by atoms with E-state index in [1.807, 2.05) is 0 Å². The van der Waals surface area contributed by atoms with Crippen molar-refractivity contribution in [1.29, 1.82) is 0 Å². The van der Waals surface area contributed by atoms with Crippen LogP contribution in [0.5, 0.6) is 0 Å². The van der Waals surface area contributed by atoms with E-state index in [1.165, 1.54) is 23.5 Å². The van der Waals surface area contributed by atoms with Crippen molar-refractivity contribution in [3.63, 3.8) is 0 Å². The number of carbonyl (C=O) groups is 2. The third-order valence-electron chi connectivity index (χ3n) is 3.69. The van der Waals surface area contributed by atoms with Crippen LogP contribution in [-0.4, -0.2) is 36.6 Å². The minimum absolute atomic E-state index is 0.186. The number of nitrogens with zero attached hydrogens (tertiary/aromatic N) is 1. The predicted octanol–water partition coefficient (Wildman–Crippen LogP) is 3.26. The number of halogens is 1. The SMILES string of the molecule is CC(C)CCNc1nc(C(=O)OCC(=O)NCCc2ccc(F)cc2)cs1. The van der Waals surface area contributed by atoms with Crippen LogP contribution in [0.1, 0.15) is 36.3 Å². The fraction of sp³-hybridized carbons (Fsp3) is 0.421. The molecule has 1 amide bonds. The summed E-state index contributed by atoms with van der Waals surface area (Å²) in [6, 6.07) is 6.07. The number of ether oxygens (including phenoxy) is 1. The van der Waals surface area contributed by atoms with Crippen molar-refractivity contribution in [2.45, 2.75) is 26.7 Å². The Kier molecular flexibility index (Phi) is 8.19. The summed E-state index contributed by atoms with van der Waals surface area (Å²) >= 11 is 1.33. The van der Waals surface area contributed by atoms with Crippen LogP contribution in [0.4, 0.5) is 9.52 Å². The lowest BCUT2D eigenvalue weighted by Crippen LogP contribution is -2.30. The molecule has 0 radical (unpaired) electrons. The van der Waals surface area contributed by atoms with Gasteiger partial charge in [-0.05, 0) is 36.5 Å². The first-order chi connectivity index (χ1) is 12.9. The molecule has 0 aliphatic carbocycles. The maximum absolute atomic E-state index is 12.8. The van der Waals surface area contributed by atoms with Crippen LogP contribution in [0.15, 0.2) is 29.6 Å². The number of nitrogens with one attached hydrogen (secondary N) is 2. The lowest BCUT2D eigenvalue weighted by molar-refractivity contribution is -0.124. The average molecular weight is 393 g/mol. The second-order valence-electron chi connectivity index (χ2n) is 6.45. The number of thiazole rings is 1. The largest absolute Gasteiger partial charge is 0.451 e. The monoisotopic (exact) mass is 393 g/mol. The first-order valence-electron chi connectivity index (χ1n) is 8.81. The van der Waals surface area contributed by atoms with E-state index in [-0.39, 0.29) is 18.1 Å². The number of benzene rings is 1. The molecule has 0 fully saturated rings. The van der Waals surface area contributed by atoms with Gasteiger partial charge in [0.1, 0.15) is 5.82 Å². The van der Waals surface area contributed by atoms with Gasteiger partial charge < -0.3 is 15.4 Å². The average Bonchev–Trinajstić information content (AvgIpc) is 3.10. The Morgan fingerprint density at radius 3 is 2.67 bits per heavy atom. The van der Waals surface area contributed by atoms with Crippen molar-refractivity contribution in [2.75, 3.05) is 25.0 Å². The first kappa shape index (κ1) is 20.8. The van der Waals surface area contributed by atoms with E-state index in [0.717, 1.165) is 18.5 Å². The van der Waals surface area contributed by atoms with Crippen LogP contribution < -0.4 is 10.6 Å². The molecule has 0 bridgehead atoms. The summed E-state index contributed by atoms with van der Waals surface area (Å²) in [6.07, 6.45) is 1.58. The minimum atomic E-state index is -0.628. The number of esters is 1. The van der Waals surface area contributed by atoms with E-state index in [2.05, 4.69) is 29.5 Å². The van der Waals surface area contributed by atoms with Gasteiger partial charge in [0.15, 0.2) is 17.4 Å². The molecular formula is C19H24FN3O3S. The topological polar surface area (TPSA) is 80.3 Å². The van der Waals surface area contributed by atoms with Gasteiger partial charge in [-0.2, -0.15) is 0 Å². The summed E-state index contributed by atoms with van der Waals surface area (Å²) in [7, 11) is 0. The van der Waals surface area contributed by atoms with Gasteiger partial charge in [0.25, 0.3) is 5.91 Å². The Balaban J connectivity index is 1.66. The van der Waals surface area contributed by atoms with Crippen molar-refractivity contribution >= 4 is 28.3 Å². The summed E-state index contributed by atoms with van der Waals surface area (Å²) in [5.74, 6) is -0.730. The van der Waals surface area contributed by atoms with Gasteiger partial charge in [-0.3, -0.25) is 4.79 Å². The smallest absolute Gasteiger partial charge is 0.358 e. The highest BCUT2D eigenvalue weighted by Crippen LogP contribution is 2.16. The highest BCUT2D eigenvalue weighted by molar-refractivity contribution is 7.13. The van der Waals surface area contributed by atoms with Crippen molar-refractivity contribution < 1.29 is 18.7 Å². The zero-order chi connectivity index (χ0) is 19.6. The molecule has 0 saturated heterocycles. The van der Waals surface area contributed by atoms with Gasteiger partial charge in [0, 0.05) is 18.5 Å². The van der Waals surface area contributed by atoms with Gasteiger partial charge in [0.05, 0.1) is 0 Å². The molecule has 8 heteroatoms. The van der Waals surface area contributed by atoms with Gasteiger partial charge >= 0.3 is 5.97 Å². The molecule has 2 aromatic rings. The maximum atomic E-state index is 12.8. The molecular weight excluding hydrogens is 369 g/mol. The number of hydrogen-bond donors (Lipinski definition) is 2. The van der Waals surface area contributed by atoms with Gasteiger partial charge in [0.2, 0.25) is 0 Å². The zero-order valence-electron chi connectivity index (χ0n) is 15.5. The van der Waals surface area contributed by atoms with Crippen molar-refractivity contribution in [1.82, 2.24) is 10.3 Å². The molecule has 0 spiro atoms. The molecule has 1 aromatic heterocycles. The predicted molar refractivity (Wildman–Crippen MR) is 103 cm³/mol. The Morgan fingerprint density at radius 1 is 1.22 bits per heavy atom. The third kappa shape index (κ3) is 7.74. The molecule has 1 aromatic carbocycles. The third-order valence-corrected chi connectivity index (χ3v) is 4.49. The maximum Gasteiger partial charge on any atom is 0.358 e. The van der Waals surface area contributed by atoms with Crippen molar-refractivity contribution in [3.8, 4) is 0 Å². The normalized spacial score (nSPS) is 10.7. The number of hydrogen-bond acceptors (Lipinski definition) is 6. The summed E-state index contributed by atoms with van der Waals surface area (Å²) in [5.41, 5.74) is 1.10. The van der Waals surface area contributed by atoms with Gasteiger partial charge in [-0.15, -0.1) is 11.3 Å². The second kappa shape index (κ2) is 10.6. The molecule has 0 unspecified atom stereocenters. The van der Waals surface area contributed by atoms with Crippen LogP contribution in [0.3, 0.4) is 0 Å². The lowest BCUT2D eigenvalue weighted by Gasteiger charge is -2.06. The van der Waals surface area contributed by atoms with Gasteiger partial charge in [-0.25, -0.2) is 14.2 Å². The fourth-order valence-corrected chi connectivity index (χ4v) is 2.88. The van der Waals surface area contributed by atoms with Gasteiger partial charge in [-0.1, -0.05) is 26.0 Å². The van der Waals surface area contributed by atoms with E-state index in [4.69, 9.17) is 4.74 Å². The van der Waals surface area contributed by atoms with E-state index in [9.17, 15) is 14.0 Å². The number of anilines is 1. The van der Waals surface area contributed by atoms with Crippen LogP contribution in [0, 0.1) is 11.7 Å². The Labute approximate surface area is 162 Å². The van der Waals surface area contributed by atoms with E-state index in [1.54, 1.807) is 17.5 Å². The molecule has 146 valence electrons. The molecule has 0 aliphatic rings. The molecule has 6 nitrogen and oxygen atoms in total. The van der Waals surface area contributed by atoms with Crippen molar-refractivity contribution in [2.24, 2.45) is 5.92 Å². The molecule has 0 saturated carbocycles. The summed E-state index contributed by atoms with van der Waals surface area (Å²) in [5, 5.41) is 8.08. The minimum Gasteiger partial charge on any atom is -0.451 e. The molecule has 2 rings (SSSR count). The zero-order valence-corrected chi connectivity index (χ0v) is 16.3. The Bertz CT molecular complexity index is 747. The van der Waals surface area contributed by atoms with Crippen molar-refractivity contribution in [3.05, 3.63) is 46.7 Å². The summed E-state index contributed by atoms with van der Waals surface area (Å²) in [6.45, 7) is 5.07. The number of carbonyl (C=O) groups excluding carboxylic acids is 2. The molecule has 27 heavy (non-hydrogen) atoms. The summed E-state index contributed by atoms with van der Waals surface area (Å²) in [4.78, 5) is 27.9. The van der Waals surface area contributed by atoms with Crippen LogP contribution >= 0.6 is 11.3 Å². The molecule has 0 atom stereocenters. The second-order valence-corrected chi connectivity index (χ2v) is 7.31. The van der Waals surface area contributed by atoms with Crippen LogP contribution in [0.2, 0.25) is 0 Å². The highest BCUT2D eigenvalue weighted by atomic mass is 32.1. The lowest BCUT2D eigenvalue weighted by atomic mass is 10.1. The molecule has 2 N–H and O–H groups in total. The molecule has 1 heterocycles. The van der Waals surface area contributed by atoms with E-state index < -0.39 is 11.9 Å². The van der Waals surface area contributed by atoms with Crippen LogP contribution in [-0.2, 0) is 16.0 Å². The number of amides is 1. The van der Waals surface area contributed by atoms with E-state index in [0.29, 0.717) is 24.0 Å². The highest BCUT2D eigenvalue weighted by Gasteiger charge is 2.14. The first-order valence-corrected chi connectivity index (χ1v) is 9.69. The number of rotatable bonds is 10. The van der Waals surface area contributed by atoms with Crippen LogP contribution in [0.25, 0.3) is 0 Å².